The van der Waals surface area contributed by atoms with E-state index in [4.69, 9.17) is 9.84 Å². The second-order valence-corrected chi connectivity index (χ2v) is 7.80. The molecule has 0 atom stereocenters. The van der Waals surface area contributed by atoms with E-state index in [1.807, 2.05) is 0 Å². The maximum Gasteiger partial charge on any atom is 0.329 e. The lowest BCUT2D eigenvalue weighted by Gasteiger charge is -2.28. The number of carbonyl (C=O) groups is 2. The Morgan fingerprint density at radius 3 is 2.64 bits per heavy atom. The number of hydrogen-bond donors (Lipinski definition) is 3. The van der Waals surface area contributed by atoms with Crippen LogP contribution in [0.5, 0.6) is 0 Å². The van der Waals surface area contributed by atoms with Gasteiger partial charge in [-0.05, 0) is 51.6 Å². The van der Waals surface area contributed by atoms with Crippen molar-refractivity contribution >= 4 is 23.2 Å². The van der Waals surface area contributed by atoms with E-state index in [1.165, 1.54) is 11.3 Å². The number of amides is 1. The maximum atomic E-state index is 12.4. The number of rotatable bonds is 6. The summed E-state index contributed by atoms with van der Waals surface area (Å²) in [6, 6.07) is 0.126. The lowest BCUT2D eigenvalue weighted by atomic mass is 9.93. The Morgan fingerprint density at radius 2 is 1.96 bits per heavy atom. The largest absolute Gasteiger partial charge is 0.480 e. The fourth-order valence-corrected chi connectivity index (χ4v) is 4.46. The lowest BCUT2D eigenvalue weighted by Crippen LogP contribution is -2.39. The van der Waals surface area contributed by atoms with Crippen LogP contribution in [0.2, 0.25) is 0 Å². The molecule has 0 radical (unpaired) electrons. The van der Waals surface area contributed by atoms with Crippen LogP contribution in [-0.2, 0) is 9.53 Å². The number of nitrogens with zero attached hydrogens (tertiary/aromatic N) is 1. The molecule has 138 valence electrons. The molecule has 1 saturated heterocycles. The molecule has 2 heterocycles. The predicted octanol–water partition coefficient (Wildman–Crippen LogP) is 1.75. The van der Waals surface area contributed by atoms with Crippen LogP contribution in [0.25, 0.3) is 0 Å². The van der Waals surface area contributed by atoms with E-state index in [9.17, 15) is 9.59 Å². The van der Waals surface area contributed by atoms with E-state index in [2.05, 4.69) is 15.6 Å². The highest BCUT2D eigenvalue weighted by atomic mass is 32.1. The van der Waals surface area contributed by atoms with Gasteiger partial charge in [0.05, 0.1) is 17.3 Å². The van der Waals surface area contributed by atoms with Gasteiger partial charge in [0, 0.05) is 12.0 Å². The van der Waals surface area contributed by atoms with Crippen molar-refractivity contribution in [2.24, 2.45) is 0 Å². The van der Waals surface area contributed by atoms with Gasteiger partial charge in [-0.3, -0.25) is 4.79 Å². The van der Waals surface area contributed by atoms with Crippen molar-refractivity contribution in [3.63, 3.8) is 0 Å². The zero-order valence-electron chi connectivity index (χ0n) is 14.2. The van der Waals surface area contributed by atoms with E-state index >= 15 is 0 Å². The van der Waals surface area contributed by atoms with Gasteiger partial charge in [-0.1, -0.05) is 0 Å². The third-order valence-corrected chi connectivity index (χ3v) is 6.05. The average Bonchev–Trinajstić information content (AvgIpc) is 3.12. The Kier molecular flexibility index (Phi) is 6.39. The second-order valence-electron chi connectivity index (χ2n) is 6.74. The highest BCUT2D eigenvalue weighted by Crippen LogP contribution is 2.29. The number of aromatic nitrogens is 1. The molecule has 25 heavy (non-hydrogen) atoms. The molecule has 0 bridgehead atoms. The van der Waals surface area contributed by atoms with Crippen LogP contribution in [0.4, 0.5) is 0 Å². The normalized spacial score (nSPS) is 24.8. The van der Waals surface area contributed by atoms with Crippen LogP contribution < -0.4 is 10.6 Å². The third-order valence-electron chi connectivity index (χ3n) is 4.89. The first-order chi connectivity index (χ1) is 12.1. The third kappa shape index (κ3) is 5.23. The van der Waals surface area contributed by atoms with Crippen LogP contribution in [0.15, 0.2) is 6.20 Å². The fourth-order valence-electron chi connectivity index (χ4n) is 3.47. The van der Waals surface area contributed by atoms with Gasteiger partial charge >= 0.3 is 5.97 Å². The second kappa shape index (κ2) is 8.73. The molecule has 1 aliphatic carbocycles. The van der Waals surface area contributed by atoms with E-state index in [1.54, 1.807) is 6.20 Å². The van der Waals surface area contributed by atoms with E-state index in [0.717, 1.165) is 56.6 Å². The summed E-state index contributed by atoms with van der Waals surface area (Å²) in [5, 5.41) is 16.1. The maximum absolute atomic E-state index is 12.4. The van der Waals surface area contributed by atoms with Gasteiger partial charge in [0.25, 0.3) is 5.91 Å². The number of nitrogens with one attached hydrogen (secondary N) is 2. The zero-order chi connectivity index (χ0) is 17.6. The molecule has 2 fully saturated rings. The SMILES string of the molecule is O=C(O)COC1CCC(NC(=O)c2cnc(C3CCNCC3)s2)CC1. The zero-order valence-corrected chi connectivity index (χ0v) is 15.0. The van der Waals surface area contributed by atoms with Crippen LogP contribution in [0.1, 0.15) is 59.1 Å². The number of ether oxygens (including phenoxy) is 1. The van der Waals surface area contributed by atoms with Gasteiger partial charge in [0.2, 0.25) is 0 Å². The first-order valence-electron chi connectivity index (χ1n) is 8.92. The van der Waals surface area contributed by atoms with Crippen LogP contribution in [0, 0.1) is 0 Å². The van der Waals surface area contributed by atoms with Gasteiger partial charge in [-0.15, -0.1) is 11.3 Å². The number of carboxylic acids is 1. The van der Waals surface area contributed by atoms with Crippen molar-refractivity contribution in [3.8, 4) is 0 Å². The van der Waals surface area contributed by atoms with Crippen molar-refractivity contribution in [1.29, 1.82) is 0 Å². The number of carboxylic acid groups (broad SMARTS) is 1. The van der Waals surface area contributed by atoms with Crippen LogP contribution in [0.3, 0.4) is 0 Å². The molecule has 8 heteroatoms. The minimum atomic E-state index is -0.940. The van der Waals surface area contributed by atoms with Gasteiger partial charge in [0.1, 0.15) is 11.5 Å². The Morgan fingerprint density at radius 1 is 1.24 bits per heavy atom. The Balaban J connectivity index is 1.45. The molecular weight excluding hydrogens is 342 g/mol. The molecule has 1 aliphatic heterocycles. The van der Waals surface area contributed by atoms with E-state index < -0.39 is 5.97 Å². The molecule has 3 N–H and O–H groups in total. The summed E-state index contributed by atoms with van der Waals surface area (Å²) in [6.45, 7) is 1.78. The van der Waals surface area contributed by atoms with Crippen LogP contribution in [-0.4, -0.2) is 53.8 Å². The Labute approximate surface area is 151 Å². The van der Waals surface area contributed by atoms with Crippen molar-refractivity contribution in [2.75, 3.05) is 19.7 Å². The van der Waals surface area contributed by atoms with Gasteiger partial charge in [-0.2, -0.15) is 0 Å². The smallest absolute Gasteiger partial charge is 0.329 e. The standard InChI is InChI=1S/C17H25N3O4S/c21-15(22)10-24-13-3-1-12(2-4-13)20-16(23)14-9-19-17(25-14)11-5-7-18-8-6-11/h9,11-13,18H,1-8,10H2,(H,20,23)(H,21,22). The summed E-state index contributed by atoms with van der Waals surface area (Å²) in [5.41, 5.74) is 0. The topological polar surface area (TPSA) is 101 Å². The van der Waals surface area contributed by atoms with E-state index in [0.29, 0.717) is 10.8 Å². The number of aliphatic carboxylic acids is 1. The fraction of sp³-hybridized carbons (Fsp3) is 0.706. The Hall–Kier alpha value is -1.51. The van der Waals surface area contributed by atoms with Gasteiger partial charge < -0.3 is 20.5 Å². The molecule has 1 aromatic heterocycles. The quantitative estimate of drug-likeness (QED) is 0.708. The number of piperidine rings is 1. The van der Waals surface area contributed by atoms with E-state index in [-0.39, 0.29) is 24.7 Å². The number of hydrogen-bond acceptors (Lipinski definition) is 6. The first kappa shape index (κ1) is 18.3. The van der Waals surface area contributed by atoms with Crippen molar-refractivity contribution in [3.05, 3.63) is 16.1 Å². The molecule has 0 spiro atoms. The van der Waals surface area contributed by atoms with Crippen molar-refractivity contribution in [1.82, 2.24) is 15.6 Å². The summed E-state index contributed by atoms with van der Waals surface area (Å²) < 4.78 is 5.33. The number of carbonyl (C=O) groups excluding carboxylic acids is 1. The number of thiazole rings is 1. The Bertz CT molecular complexity index is 592. The molecule has 0 unspecified atom stereocenters. The minimum Gasteiger partial charge on any atom is -0.480 e. The highest BCUT2D eigenvalue weighted by molar-refractivity contribution is 7.13. The molecule has 3 rings (SSSR count). The lowest BCUT2D eigenvalue weighted by molar-refractivity contribution is -0.145. The van der Waals surface area contributed by atoms with Crippen LogP contribution >= 0.6 is 11.3 Å². The molecule has 0 aromatic carbocycles. The summed E-state index contributed by atoms with van der Waals surface area (Å²) in [5.74, 6) is -0.521. The summed E-state index contributed by atoms with van der Waals surface area (Å²) in [4.78, 5) is 28.1. The molecule has 7 nitrogen and oxygen atoms in total. The van der Waals surface area contributed by atoms with Crippen molar-refractivity contribution < 1.29 is 19.4 Å². The first-order valence-corrected chi connectivity index (χ1v) is 9.74. The molecule has 1 amide bonds. The monoisotopic (exact) mass is 367 g/mol. The molecule has 2 aliphatic rings. The predicted molar refractivity (Wildman–Crippen MR) is 94.1 cm³/mol. The molecule has 1 aromatic rings. The van der Waals surface area contributed by atoms with Gasteiger partial charge in [0.15, 0.2) is 0 Å². The molecule has 1 saturated carbocycles. The van der Waals surface area contributed by atoms with Gasteiger partial charge in [-0.25, -0.2) is 9.78 Å². The summed E-state index contributed by atoms with van der Waals surface area (Å²) in [7, 11) is 0. The summed E-state index contributed by atoms with van der Waals surface area (Å²) in [6.07, 6.45) is 7.02. The van der Waals surface area contributed by atoms with Crippen molar-refractivity contribution in [2.45, 2.75) is 56.6 Å². The summed E-state index contributed by atoms with van der Waals surface area (Å²) >= 11 is 1.51. The average molecular weight is 367 g/mol. The molecular formula is C17H25N3O4S. The highest BCUT2D eigenvalue weighted by Gasteiger charge is 2.25. The minimum absolute atomic E-state index is 0.0147.